The Labute approximate surface area is 114 Å². The van der Waals surface area contributed by atoms with Crippen LogP contribution in [-0.4, -0.2) is 35.9 Å². The van der Waals surface area contributed by atoms with Gasteiger partial charge in [-0.25, -0.2) is 4.98 Å². The van der Waals surface area contributed by atoms with E-state index < -0.39 is 12.8 Å². The summed E-state index contributed by atoms with van der Waals surface area (Å²) in [5.41, 5.74) is 0.833. The highest BCUT2D eigenvalue weighted by atomic mass is 19.4. The number of H-pyrrole nitrogens is 1. The van der Waals surface area contributed by atoms with Gasteiger partial charge in [0.1, 0.15) is 12.4 Å². The van der Waals surface area contributed by atoms with Crippen LogP contribution in [-0.2, 0) is 4.74 Å². The summed E-state index contributed by atoms with van der Waals surface area (Å²) in [5, 5.41) is 2.93. The molecule has 0 spiro atoms. The Balaban J connectivity index is 2.48. The van der Waals surface area contributed by atoms with Crippen LogP contribution in [0.2, 0.25) is 0 Å². The second-order valence-electron chi connectivity index (χ2n) is 4.49. The Morgan fingerprint density at radius 3 is 2.60 bits per heavy atom. The number of hydrogen-bond donors (Lipinski definition) is 2. The van der Waals surface area contributed by atoms with Gasteiger partial charge in [-0.05, 0) is 20.8 Å². The Morgan fingerprint density at radius 1 is 1.40 bits per heavy atom. The minimum absolute atomic E-state index is 0.0832. The maximum Gasteiger partial charge on any atom is 0.411 e. The highest BCUT2D eigenvalue weighted by molar-refractivity contribution is 5.19. The third kappa shape index (κ3) is 5.30. The zero-order valence-electron chi connectivity index (χ0n) is 11.6. The maximum absolute atomic E-state index is 11.9. The van der Waals surface area contributed by atoms with E-state index in [4.69, 9.17) is 0 Å². The lowest BCUT2D eigenvalue weighted by Crippen LogP contribution is -2.30. The molecule has 1 rings (SSSR count). The number of alkyl halides is 3. The van der Waals surface area contributed by atoms with Gasteiger partial charge < -0.3 is 15.0 Å². The second kappa shape index (κ2) is 6.85. The predicted molar refractivity (Wildman–Crippen MR) is 67.6 cm³/mol. The smallest absolute Gasteiger partial charge is 0.371 e. The molecule has 0 aliphatic rings. The number of hydrogen-bond acceptors (Lipinski definition) is 4. The van der Waals surface area contributed by atoms with E-state index in [1.165, 1.54) is 0 Å². The van der Waals surface area contributed by atoms with Gasteiger partial charge in [0, 0.05) is 18.3 Å². The summed E-state index contributed by atoms with van der Waals surface area (Å²) >= 11 is 0. The molecule has 114 valence electrons. The number of aryl methyl sites for hydroxylation is 2. The number of ether oxygens (including phenoxy) is 1. The van der Waals surface area contributed by atoms with Crippen molar-refractivity contribution in [3.63, 3.8) is 0 Å². The van der Waals surface area contributed by atoms with Crippen molar-refractivity contribution >= 4 is 0 Å². The largest absolute Gasteiger partial charge is 0.411 e. The van der Waals surface area contributed by atoms with Crippen LogP contribution in [0.5, 0.6) is 0 Å². The lowest BCUT2D eigenvalue weighted by Gasteiger charge is -2.15. The Kier molecular flexibility index (Phi) is 5.70. The SMILES string of the molecule is Cc1nc(C)c(C(C)NCCOCC(F)(F)F)c(=O)[nH]1. The van der Waals surface area contributed by atoms with Gasteiger partial charge in [-0.1, -0.05) is 0 Å². The topological polar surface area (TPSA) is 67.0 Å². The van der Waals surface area contributed by atoms with Crippen LogP contribution >= 0.6 is 0 Å². The normalized spacial score (nSPS) is 13.5. The van der Waals surface area contributed by atoms with E-state index in [1.807, 2.05) is 0 Å². The van der Waals surface area contributed by atoms with Crippen molar-refractivity contribution in [1.82, 2.24) is 15.3 Å². The molecular formula is C12H18F3N3O2. The summed E-state index contributed by atoms with van der Waals surface area (Å²) < 4.78 is 40.0. The fraction of sp³-hybridized carbons (Fsp3) is 0.667. The van der Waals surface area contributed by atoms with E-state index in [-0.39, 0.29) is 24.8 Å². The number of aromatic nitrogens is 2. The van der Waals surface area contributed by atoms with Crippen LogP contribution in [0.1, 0.15) is 30.0 Å². The molecule has 0 saturated heterocycles. The van der Waals surface area contributed by atoms with E-state index in [1.54, 1.807) is 20.8 Å². The number of nitrogens with zero attached hydrogens (tertiary/aromatic N) is 1. The molecule has 0 aliphatic heterocycles. The lowest BCUT2D eigenvalue weighted by atomic mass is 10.1. The van der Waals surface area contributed by atoms with E-state index in [0.717, 1.165) is 0 Å². The number of nitrogens with one attached hydrogen (secondary N) is 2. The highest BCUT2D eigenvalue weighted by Gasteiger charge is 2.27. The first-order valence-electron chi connectivity index (χ1n) is 6.16. The van der Waals surface area contributed by atoms with E-state index in [0.29, 0.717) is 17.1 Å². The molecule has 1 heterocycles. The van der Waals surface area contributed by atoms with Gasteiger partial charge >= 0.3 is 6.18 Å². The van der Waals surface area contributed by atoms with Crippen LogP contribution in [0, 0.1) is 13.8 Å². The van der Waals surface area contributed by atoms with Gasteiger partial charge in [0.2, 0.25) is 0 Å². The lowest BCUT2D eigenvalue weighted by molar-refractivity contribution is -0.173. The molecule has 5 nitrogen and oxygen atoms in total. The van der Waals surface area contributed by atoms with Gasteiger partial charge in [0.05, 0.1) is 12.2 Å². The first-order valence-corrected chi connectivity index (χ1v) is 6.16. The van der Waals surface area contributed by atoms with Gasteiger partial charge in [-0.2, -0.15) is 13.2 Å². The van der Waals surface area contributed by atoms with Crippen molar-refractivity contribution < 1.29 is 17.9 Å². The predicted octanol–water partition coefficient (Wildman–Crippen LogP) is 1.62. The molecule has 1 aromatic rings. The highest BCUT2D eigenvalue weighted by Crippen LogP contribution is 2.14. The standard InChI is InChI=1S/C12H18F3N3O2/c1-7(16-4-5-20-6-12(13,14)15)10-8(2)17-9(3)18-11(10)19/h7,16H,4-6H2,1-3H3,(H,17,18,19). The van der Waals surface area contributed by atoms with E-state index in [2.05, 4.69) is 20.0 Å². The average Bonchev–Trinajstić information content (AvgIpc) is 2.25. The summed E-state index contributed by atoms with van der Waals surface area (Å²) in [4.78, 5) is 18.6. The second-order valence-corrected chi connectivity index (χ2v) is 4.49. The van der Waals surface area contributed by atoms with Crippen molar-refractivity contribution in [1.29, 1.82) is 0 Å². The molecule has 2 N–H and O–H groups in total. The summed E-state index contributed by atoms with van der Waals surface area (Å²) in [6.07, 6.45) is -4.32. The fourth-order valence-corrected chi connectivity index (χ4v) is 1.88. The molecule has 1 atom stereocenters. The Morgan fingerprint density at radius 2 is 2.05 bits per heavy atom. The monoisotopic (exact) mass is 293 g/mol. The Bertz CT molecular complexity index is 500. The molecule has 0 bridgehead atoms. The zero-order chi connectivity index (χ0) is 15.3. The first kappa shape index (κ1) is 16.6. The average molecular weight is 293 g/mol. The third-order valence-corrected chi connectivity index (χ3v) is 2.66. The maximum atomic E-state index is 11.9. The van der Waals surface area contributed by atoms with Crippen LogP contribution < -0.4 is 10.9 Å². The molecule has 20 heavy (non-hydrogen) atoms. The van der Waals surface area contributed by atoms with Crippen molar-refractivity contribution in [2.75, 3.05) is 19.8 Å². The van der Waals surface area contributed by atoms with Crippen LogP contribution in [0.3, 0.4) is 0 Å². The first-order chi connectivity index (χ1) is 9.20. The van der Waals surface area contributed by atoms with Crippen molar-refractivity contribution in [2.24, 2.45) is 0 Å². The number of halogens is 3. The molecule has 0 fully saturated rings. The Hall–Kier alpha value is -1.41. The van der Waals surface area contributed by atoms with Gasteiger partial charge in [0.25, 0.3) is 5.56 Å². The van der Waals surface area contributed by atoms with E-state index in [9.17, 15) is 18.0 Å². The van der Waals surface area contributed by atoms with E-state index >= 15 is 0 Å². The third-order valence-electron chi connectivity index (χ3n) is 2.66. The summed E-state index contributed by atoms with van der Waals surface area (Å²) in [5.74, 6) is 0.525. The molecule has 0 amide bonds. The number of aromatic amines is 1. The fourth-order valence-electron chi connectivity index (χ4n) is 1.88. The molecule has 0 aromatic carbocycles. The van der Waals surface area contributed by atoms with Crippen molar-refractivity contribution in [2.45, 2.75) is 33.0 Å². The number of rotatable bonds is 6. The van der Waals surface area contributed by atoms with Crippen molar-refractivity contribution in [3.8, 4) is 0 Å². The van der Waals surface area contributed by atoms with Crippen LogP contribution in [0.4, 0.5) is 13.2 Å². The quantitative estimate of drug-likeness (QED) is 0.782. The molecule has 1 unspecified atom stereocenters. The van der Waals surface area contributed by atoms with Crippen LogP contribution in [0.25, 0.3) is 0 Å². The molecule has 8 heteroatoms. The summed E-state index contributed by atoms with van der Waals surface area (Å²) in [7, 11) is 0. The van der Waals surface area contributed by atoms with Gasteiger partial charge in [-0.3, -0.25) is 4.79 Å². The summed E-state index contributed by atoms with van der Waals surface area (Å²) in [6.45, 7) is 4.01. The molecule has 1 aromatic heterocycles. The van der Waals surface area contributed by atoms with Crippen LogP contribution in [0.15, 0.2) is 4.79 Å². The zero-order valence-corrected chi connectivity index (χ0v) is 11.6. The minimum Gasteiger partial charge on any atom is -0.371 e. The molecule has 0 saturated carbocycles. The van der Waals surface area contributed by atoms with Gasteiger partial charge in [0.15, 0.2) is 0 Å². The van der Waals surface area contributed by atoms with Crippen molar-refractivity contribution in [3.05, 3.63) is 27.4 Å². The van der Waals surface area contributed by atoms with Gasteiger partial charge in [-0.15, -0.1) is 0 Å². The molecular weight excluding hydrogens is 275 g/mol. The summed E-state index contributed by atoms with van der Waals surface area (Å²) in [6, 6.07) is -0.318. The minimum atomic E-state index is -4.32. The molecule has 0 aliphatic carbocycles. The molecule has 0 radical (unpaired) electrons.